The van der Waals surface area contributed by atoms with Crippen LogP contribution in [0.1, 0.15) is 25.3 Å². The SMILES string of the molecule is CCC(=O)CC(/C=C/c1ccccc1)C(C(=O)O)C(=O)O. The number of hydrogen-bond donors (Lipinski definition) is 2. The summed E-state index contributed by atoms with van der Waals surface area (Å²) in [4.78, 5) is 33.8. The summed E-state index contributed by atoms with van der Waals surface area (Å²) in [6, 6.07) is 9.10. The third-order valence-electron chi connectivity index (χ3n) is 3.15. The van der Waals surface area contributed by atoms with E-state index in [0.717, 1.165) is 5.56 Å². The van der Waals surface area contributed by atoms with Crippen LogP contribution in [0.5, 0.6) is 0 Å². The molecule has 0 saturated heterocycles. The van der Waals surface area contributed by atoms with E-state index in [1.165, 1.54) is 6.08 Å². The van der Waals surface area contributed by atoms with Crippen LogP contribution in [0.4, 0.5) is 0 Å². The number of Topliss-reactive ketones (excluding diaryl/α,β-unsaturated/α-hetero) is 1. The van der Waals surface area contributed by atoms with E-state index in [-0.39, 0.29) is 18.6 Å². The number of carboxylic acid groups (broad SMARTS) is 2. The Kier molecular flexibility index (Phi) is 6.33. The molecule has 21 heavy (non-hydrogen) atoms. The van der Waals surface area contributed by atoms with Gasteiger partial charge < -0.3 is 10.2 Å². The minimum Gasteiger partial charge on any atom is -0.481 e. The van der Waals surface area contributed by atoms with Crippen molar-refractivity contribution in [1.29, 1.82) is 0 Å². The van der Waals surface area contributed by atoms with Crippen molar-refractivity contribution in [2.24, 2.45) is 11.8 Å². The van der Waals surface area contributed by atoms with E-state index in [2.05, 4.69) is 0 Å². The van der Waals surface area contributed by atoms with Crippen LogP contribution >= 0.6 is 0 Å². The zero-order chi connectivity index (χ0) is 15.8. The second kappa shape index (κ2) is 7.99. The van der Waals surface area contributed by atoms with Gasteiger partial charge in [-0.3, -0.25) is 14.4 Å². The summed E-state index contributed by atoms with van der Waals surface area (Å²) < 4.78 is 0. The fourth-order valence-corrected chi connectivity index (χ4v) is 1.97. The second-order valence-corrected chi connectivity index (χ2v) is 4.68. The first-order chi connectivity index (χ1) is 9.95. The third kappa shape index (κ3) is 5.22. The van der Waals surface area contributed by atoms with Crippen molar-refractivity contribution in [3.8, 4) is 0 Å². The van der Waals surface area contributed by atoms with E-state index < -0.39 is 23.8 Å². The molecule has 1 atom stereocenters. The minimum absolute atomic E-state index is 0.0941. The molecule has 1 aromatic rings. The van der Waals surface area contributed by atoms with E-state index in [1.807, 2.05) is 30.3 Å². The van der Waals surface area contributed by atoms with Crippen LogP contribution in [0.3, 0.4) is 0 Å². The van der Waals surface area contributed by atoms with Gasteiger partial charge in [0.05, 0.1) is 0 Å². The third-order valence-corrected chi connectivity index (χ3v) is 3.15. The first-order valence-corrected chi connectivity index (χ1v) is 6.66. The molecule has 5 nitrogen and oxygen atoms in total. The van der Waals surface area contributed by atoms with Gasteiger partial charge in [0.15, 0.2) is 5.92 Å². The van der Waals surface area contributed by atoms with E-state index in [9.17, 15) is 14.4 Å². The Bertz CT molecular complexity index is 519. The molecule has 0 fully saturated rings. The van der Waals surface area contributed by atoms with E-state index in [0.29, 0.717) is 0 Å². The van der Waals surface area contributed by atoms with Crippen LogP contribution in [0.2, 0.25) is 0 Å². The minimum atomic E-state index is -1.62. The molecule has 0 aliphatic carbocycles. The highest BCUT2D eigenvalue weighted by molar-refractivity contribution is 5.94. The molecular weight excluding hydrogens is 272 g/mol. The highest BCUT2D eigenvalue weighted by Crippen LogP contribution is 2.21. The second-order valence-electron chi connectivity index (χ2n) is 4.68. The van der Waals surface area contributed by atoms with Crippen LogP contribution in [-0.2, 0) is 14.4 Å². The normalized spacial score (nSPS) is 12.5. The first kappa shape index (κ1) is 16.6. The van der Waals surface area contributed by atoms with Gasteiger partial charge in [-0.05, 0) is 5.56 Å². The molecule has 1 aromatic carbocycles. The van der Waals surface area contributed by atoms with Gasteiger partial charge in [0.1, 0.15) is 5.78 Å². The molecule has 0 saturated carbocycles. The Morgan fingerprint density at radius 3 is 2.14 bits per heavy atom. The maximum atomic E-state index is 11.6. The van der Waals surface area contributed by atoms with Gasteiger partial charge >= 0.3 is 11.9 Å². The number of allylic oxidation sites excluding steroid dienone is 1. The van der Waals surface area contributed by atoms with Crippen molar-refractivity contribution in [1.82, 2.24) is 0 Å². The smallest absolute Gasteiger partial charge is 0.318 e. The highest BCUT2D eigenvalue weighted by Gasteiger charge is 2.34. The molecule has 0 bridgehead atoms. The van der Waals surface area contributed by atoms with E-state index in [1.54, 1.807) is 13.0 Å². The van der Waals surface area contributed by atoms with Crippen LogP contribution in [0, 0.1) is 11.8 Å². The van der Waals surface area contributed by atoms with Crippen LogP contribution in [0.25, 0.3) is 6.08 Å². The van der Waals surface area contributed by atoms with Crippen LogP contribution in [0.15, 0.2) is 36.4 Å². The van der Waals surface area contributed by atoms with Crippen molar-refractivity contribution >= 4 is 23.8 Å². The number of carbonyl (C=O) groups excluding carboxylic acids is 1. The fraction of sp³-hybridized carbons (Fsp3) is 0.312. The molecule has 1 unspecified atom stereocenters. The quantitative estimate of drug-likeness (QED) is 0.718. The molecule has 0 aliphatic heterocycles. The predicted octanol–water partition coefficient (Wildman–Crippen LogP) is 2.47. The molecule has 2 N–H and O–H groups in total. The van der Waals surface area contributed by atoms with Gasteiger partial charge in [-0.1, -0.05) is 49.4 Å². The number of carbonyl (C=O) groups is 3. The average Bonchev–Trinajstić information content (AvgIpc) is 2.44. The topological polar surface area (TPSA) is 91.7 Å². The summed E-state index contributed by atoms with van der Waals surface area (Å²) in [6.07, 6.45) is 3.30. The maximum Gasteiger partial charge on any atom is 0.318 e. The molecule has 0 spiro atoms. The Morgan fingerprint density at radius 1 is 1.10 bits per heavy atom. The fourth-order valence-electron chi connectivity index (χ4n) is 1.97. The molecular formula is C16H18O5. The van der Waals surface area contributed by atoms with Crippen molar-refractivity contribution in [3.63, 3.8) is 0 Å². The molecule has 1 rings (SSSR count). The number of hydrogen-bond acceptors (Lipinski definition) is 3. The van der Waals surface area contributed by atoms with Crippen molar-refractivity contribution in [3.05, 3.63) is 42.0 Å². The number of aliphatic carboxylic acids is 2. The Balaban J connectivity index is 3.01. The van der Waals surface area contributed by atoms with E-state index >= 15 is 0 Å². The number of benzene rings is 1. The predicted molar refractivity (Wildman–Crippen MR) is 77.6 cm³/mol. The molecule has 112 valence electrons. The molecule has 0 aliphatic rings. The van der Waals surface area contributed by atoms with Gasteiger partial charge in [0.2, 0.25) is 0 Å². The lowest BCUT2D eigenvalue weighted by Crippen LogP contribution is -2.31. The lowest BCUT2D eigenvalue weighted by Gasteiger charge is -2.16. The van der Waals surface area contributed by atoms with E-state index in [4.69, 9.17) is 10.2 Å². The summed E-state index contributed by atoms with van der Waals surface area (Å²) in [6.45, 7) is 1.66. The first-order valence-electron chi connectivity index (χ1n) is 6.66. The number of carboxylic acids is 2. The summed E-state index contributed by atoms with van der Waals surface area (Å²) in [5.41, 5.74) is 0.820. The van der Waals surface area contributed by atoms with Gasteiger partial charge in [0, 0.05) is 18.8 Å². The number of ketones is 1. The van der Waals surface area contributed by atoms with Crippen molar-refractivity contribution in [2.45, 2.75) is 19.8 Å². The molecule has 0 aromatic heterocycles. The lowest BCUT2D eigenvalue weighted by molar-refractivity contribution is -0.156. The standard InChI is InChI=1S/C16H18O5/c1-2-13(17)10-12(14(15(18)19)16(20)21)9-8-11-6-4-3-5-7-11/h3-9,12,14H,2,10H2,1H3,(H,18,19)(H,20,21)/b9-8+. The lowest BCUT2D eigenvalue weighted by atomic mass is 9.86. The summed E-state index contributed by atoms with van der Waals surface area (Å²) in [5.74, 6) is -5.53. The Morgan fingerprint density at radius 2 is 1.67 bits per heavy atom. The zero-order valence-electron chi connectivity index (χ0n) is 11.7. The van der Waals surface area contributed by atoms with Crippen molar-refractivity contribution in [2.75, 3.05) is 0 Å². The average molecular weight is 290 g/mol. The molecule has 0 heterocycles. The summed E-state index contributed by atoms with van der Waals surface area (Å²) >= 11 is 0. The van der Waals surface area contributed by atoms with Gasteiger partial charge in [-0.25, -0.2) is 0 Å². The molecule has 0 radical (unpaired) electrons. The Labute approximate surface area is 122 Å². The summed E-state index contributed by atoms with van der Waals surface area (Å²) in [5, 5.41) is 18.1. The zero-order valence-corrected chi connectivity index (χ0v) is 11.7. The van der Waals surface area contributed by atoms with Gasteiger partial charge in [-0.15, -0.1) is 0 Å². The van der Waals surface area contributed by atoms with Crippen LogP contribution in [-0.4, -0.2) is 27.9 Å². The molecule has 0 amide bonds. The monoisotopic (exact) mass is 290 g/mol. The Hall–Kier alpha value is -2.43. The van der Waals surface area contributed by atoms with Crippen LogP contribution < -0.4 is 0 Å². The van der Waals surface area contributed by atoms with Gasteiger partial charge in [-0.2, -0.15) is 0 Å². The van der Waals surface area contributed by atoms with Gasteiger partial charge in [0.25, 0.3) is 0 Å². The number of rotatable bonds is 8. The summed E-state index contributed by atoms with van der Waals surface area (Å²) in [7, 11) is 0. The highest BCUT2D eigenvalue weighted by atomic mass is 16.4. The molecule has 5 heteroatoms. The van der Waals surface area contributed by atoms with Crippen molar-refractivity contribution < 1.29 is 24.6 Å². The maximum absolute atomic E-state index is 11.6. The largest absolute Gasteiger partial charge is 0.481 e.